The van der Waals surface area contributed by atoms with Crippen LogP contribution in [0.5, 0.6) is 11.5 Å². The Morgan fingerprint density at radius 1 is 1.00 bits per heavy atom. The zero-order chi connectivity index (χ0) is 12.0. The molecule has 2 N–H and O–H groups in total. The van der Waals surface area contributed by atoms with Crippen LogP contribution in [0.3, 0.4) is 0 Å². The molecule has 0 aliphatic heterocycles. The van der Waals surface area contributed by atoms with Gasteiger partial charge in [0.05, 0.1) is 10.8 Å². The molecule has 0 amide bonds. The van der Waals surface area contributed by atoms with Gasteiger partial charge in [-0.25, -0.2) is 0 Å². The molecule has 0 aliphatic rings. The van der Waals surface area contributed by atoms with Crippen molar-refractivity contribution in [3.63, 3.8) is 0 Å². The number of benzene rings is 2. The number of aromatic hydroxyl groups is 2. The van der Waals surface area contributed by atoms with Crippen LogP contribution >= 0.6 is 0 Å². The summed E-state index contributed by atoms with van der Waals surface area (Å²) in [5, 5.41) is 19.6. The van der Waals surface area contributed by atoms with E-state index in [1.165, 1.54) is 24.3 Å². The summed E-state index contributed by atoms with van der Waals surface area (Å²) in [6.07, 6.45) is 0. The van der Waals surface area contributed by atoms with Crippen molar-refractivity contribution in [1.29, 1.82) is 0 Å². The zero-order valence-corrected chi connectivity index (χ0v) is 8.68. The van der Waals surface area contributed by atoms with E-state index in [2.05, 4.69) is 0 Å². The number of phenols is 2. The number of para-hydroxylation sites is 1. The predicted molar refractivity (Wildman–Crippen MR) is 63.3 cm³/mol. The van der Waals surface area contributed by atoms with Crippen LogP contribution in [0.15, 0.2) is 45.6 Å². The van der Waals surface area contributed by atoms with Crippen molar-refractivity contribution in [2.75, 3.05) is 0 Å². The number of hydrogen-bond donors (Lipinski definition) is 2. The van der Waals surface area contributed by atoms with Crippen molar-refractivity contribution in [2.45, 2.75) is 0 Å². The number of phenolic OH excluding ortho intramolecular Hbond substituents is 2. The molecule has 0 atom stereocenters. The fraction of sp³-hybridized carbons (Fsp3) is 0. The Morgan fingerprint density at radius 3 is 2.65 bits per heavy atom. The summed E-state index contributed by atoms with van der Waals surface area (Å²) in [4.78, 5) is 12.1. The Kier molecular flexibility index (Phi) is 1.86. The van der Waals surface area contributed by atoms with Gasteiger partial charge in [0, 0.05) is 0 Å². The summed E-state index contributed by atoms with van der Waals surface area (Å²) in [5.74, 6) is -0.0705. The monoisotopic (exact) mass is 228 g/mol. The Balaban J connectivity index is 2.62. The lowest BCUT2D eigenvalue weighted by Crippen LogP contribution is -2.01. The standard InChI is InChI=1S/C13H8O4/c14-7-4-5-11-9(6-7)12(16)8-2-1-3-10(15)13(8)17-11/h1-6,14-15H. The minimum absolute atomic E-state index is 0.00398. The molecule has 4 nitrogen and oxygen atoms in total. The van der Waals surface area contributed by atoms with Crippen molar-refractivity contribution >= 4 is 21.9 Å². The van der Waals surface area contributed by atoms with Gasteiger partial charge in [-0.15, -0.1) is 0 Å². The van der Waals surface area contributed by atoms with Gasteiger partial charge in [-0.1, -0.05) is 6.07 Å². The lowest BCUT2D eigenvalue weighted by Gasteiger charge is -2.02. The number of fused-ring (bicyclic) bond motifs is 2. The Labute approximate surface area is 95.3 Å². The highest BCUT2D eigenvalue weighted by atomic mass is 16.4. The first-order chi connectivity index (χ1) is 8.16. The van der Waals surface area contributed by atoms with Gasteiger partial charge in [-0.3, -0.25) is 4.79 Å². The third-order valence-electron chi connectivity index (χ3n) is 2.66. The molecular formula is C13H8O4. The van der Waals surface area contributed by atoms with E-state index in [0.717, 1.165) is 0 Å². The molecule has 0 fully saturated rings. The van der Waals surface area contributed by atoms with Crippen LogP contribution in [0, 0.1) is 0 Å². The summed E-state index contributed by atoms with van der Waals surface area (Å²) < 4.78 is 5.45. The maximum absolute atomic E-state index is 12.1. The topological polar surface area (TPSA) is 70.7 Å². The third kappa shape index (κ3) is 1.34. The molecule has 4 heteroatoms. The highest BCUT2D eigenvalue weighted by Gasteiger charge is 2.10. The molecule has 0 radical (unpaired) electrons. The maximum Gasteiger partial charge on any atom is 0.200 e. The van der Waals surface area contributed by atoms with E-state index >= 15 is 0 Å². The van der Waals surface area contributed by atoms with Gasteiger partial charge >= 0.3 is 0 Å². The molecule has 1 aromatic heterocycles. The van der Waals surface area contributed by atoms with Gasteiger partial charge in [-0.05, 0) is 30.3 Å². The molecule has 0 aliphatic carbocycles. The van der Waals surface area contributed by atoms with Gasteiger partial charge in [-0.2, -0.15) is 0 Å². The smallest absolute Gasteiger partial charge is 0.200 e. The SMILES string of the molecule is O=c1c2cc(O)ccc2oc2c(O)cccc12. The molecule has 3 aromatic rings. The van der Waals surface area contributed by atoms with Crippen LogP contribution in [0.25, 0.3) is 21.9 Å². The Bertz CT molecular complexity index is 780. The van der Waals surface area contributed by atoms with E-state index < -0.39 is 0 Å². The van der Waals surface area contributed by atoms with E-state index in [1.807, 2.05) is 0 Å². The van der Waals surface area contributed by atoms with Crippen LogP contribution in [0.4, 0.5) is 0 Å². The molecule has 0 saturated carbocycles. The van der Waals surface area contributed by atoms with E-state index in [-0.39, 0.29) is 22.5 Å². The quantitative estimate of drug-likeness (QED) is 0.579. The van der Waals surface area contributed by atoms with Crippen molar-refractivity contribution in [3.8, 4) is 11.5 Å². The van der Waals surface area contributed by atoms with E-state index in [4.69, 9.17) is 4.42 Å². The van der Waals surface area contributed by atoms with Crippen molar-refractivity contribution in [2.24, 2.45) is 0 Å². The highest BCUT2D eigenvalue weighted by molar-refractivity contribution is 5.92. The third-order valence-corrected chi connectivity index (χ3v) is 2.66. The Morgan fingerprint density at radius 2 is 1.82 bits per heavy atom. The van der Waals surface area contributed by atoms with Gasteiger partial charge < -0.3 is 14.6 Å². The van der Waals surface area contributed by atoms with Crippen molar-refractivity contribution in [3.05, 3.63) is 46.6 Å². The fourth-order valence-corrected chi connectivity index (χ4v) is 1.85. The molecule has 17 heavy (non-hydrogen) atoms. The molecule has 0 spiro atoms. The van der Waals surface area contributed by atoms with Crippen LogP contribution < -0.4 is 5.43 Å². The van der Waals surface area contributed by atoms with Crippen LogP contribution in [-0.2, 0) is 0 Å². The highest BCUT2D eigenvalue weighted by Crippen LogP contribution is 2.27. The summed E-state index contributed by atoms with van der Waals surface area (Å²) in [5.41, 5.74) is 0.227. The van der Waals surface area contributed by atoms with E-state index in [0.29, 0.717) is 16.4 Å². The molecule has 2 aromatic carbocycles. The number of hydrogen-bond acceptors (Lipinski definition) is 4. The number of rotatable bonds is 0. The Hall–Kier alpha value is -2.49. The van der Waals surface area contributed by atoms with Gasteiger partial charge in [0.15, 0.2) is 11.3 Å². The lowest BCUT2D eigenvalue weighted by atomic mass is 10.1. The predicted octanol–water partition coefficient (Wildman–Crippen LogP) is 2.36. The molecule has 0 bridgehead atoms. The van der Waals surface area contributed by atoms with Crippen LogP contribution in [0.1, 0.15) is 0 Å². The lowest BCUT2D eigenvalue weighted by molar-refractivity contribution is 0.467. The van der Waals surface area contributed by atoms with Gasteiger partial charge in [0.25, 0.3) is 0 Å². The van der Waals surface area contributed by atoms with Crippen molar-refractivity contribution < 1.29 is 14.6 Å². The summed E-state index contributed by atoms with van der Waals surface area (Å²) >= 11 is 0. The molecule has 3 rings (SSSR count). The summed E-state index contributed by atoms with van der Waals surface area (Å²) in [7, 11) is 0. The van der Waals surface area contributed by atoms with Crippen molar-refractivity contribution in [1.82, 2.24) is 0 Å². The fourth-order valence-electron chi connectivity index (χ4n) is 1.85. The minimum Gasteiger partial charge on any atom is -0.508 e. The maximum atomic E-state index is 12.1. The molecule has 0 saturated heterocycles. The average Bonchev–Trinajstić information content (AvgIpc) is 2.32. The molecular weight excluding hydrogens is 220 g/mol. The van der Waals surface area contributed by atoms with E-state index in [9.17, 15) is 15.0 Å². The minimum atomic E-state index is -0.270. The first-order valence-electron chi connectivity index (χ1n) is 5.04. The first kappa shape index (κ1) is 9.72. The van der Waals surface area contributed by atoms with E-state index in [1.54, 1.807) is 12.1 Å². The second-order valence-electron chi connectivity index (χ2n) is 3.77. The first-order valence-corrected chi connectivity index (χ1v) is 5.04. The van der Waals surface area contributed by atoms with Gasteiger partial charge in [0.1, 0.15) is 11.3 Å². The second-order valence-corrected chi connectivity index (χ2v) is 3.77. The zero-order valence-electron chi connectivity index (χ0n) is 8.68. The second kappa shape index (κ2) is 3.25. The van der Waals surface area contributed by atoms with Crippen LogP contribution in [-0.4, -0.2) is 10.2 Å². The average molecular weight is 228 g/mol. The molecule has 1 heterocycles. The normalized spacial score (nSPS) is 11.1. The molecule has 0 unspecified atom stereocenters. The van der Waals surface area contributed by atoms with Crippen LogP contribution in [0.2, 0.25) is 0 Å². The summed E-state index contributed by atoms with van der Waals surface area (Å²) in [6.45, 7) is 0. The largest absolute Gasteiger partial charge is 0.508 e. The van der Waals surface area contributed by atoms with Gasteiger partial charge in [0.2, 0.25) is 5.43 Å². The molecule has 84 valence electrons. The summed E-state index contributed by atoms with van der Waals surface area (Å²) in [6, 6.07) is 8.88.